The summed E-state index contributed by atoms with van der Waals surface area (Å²) in [4.78, 5) is 24.4. The summed E-state index contributed by atoms with van der Waals surface area (Å²) in [6, 6.07) is 11.9. The van der Waals surface area contributed by atoms with Crippen LogP contribution in [0.4, 0.5) is 0 Å². The number of esters is 1. The van der Waals surface area contributed by atoms with E-state index < -0.39 is 5.97 Å². The SMILES string of the molecule is CCCCCCCCC(=O)NN=Cc1ccc(OC(=O)c2ccc(OCCC)cc2)c(OC)c1. The van der Waals surface area contributed by atoms with Crippen molar-refractivity contribution < 1.29 is 23.8 Å². The summed E-state index contributed by atoms with van der Waals surface area (Å²) in [7, 11) is 1.50. The molecule has 7 nitrogen and oxygen atoms in total. The highest BCUT2D eigenvalue weighted by molar-refractivity contribution is 5.91. The molecule has 0 radical (unpaired) electrons. The number of carbonyl (C=O) groups excluding carboxylic acids is 2. The maximum Gasteiger partial charge on any atom is 0.343 e. The monoisotopic (exact) mass is 468 g/mol. The molecular formula is C27H36N2O5. The quantitative estimate of drug-likeness (QED) is 0.116. The molecule has 0 aliphatic carbocycles. The molecule has 1 amide bonds. The first-order chi connectivity index (χ1) is 16.6. The molecular weight excluding hydrogens is 432 g/mol. The van der Waals surface area contributed by atoms with Crippen LogP contribution in [0, 0.1) is 0 Å². The molecule has 0 unspecified atom stereocenters. The fourth-order valence-electron chi connectivity index (χ4n) is 3.22. The van der Waals surface area contributed by atoms with Gasteiger partial charge in [0.15, 0.2) is 11.5 Å². The number of methoxy groups -OCH3 is 1. The first kappa shape index (κ1) is 26.9. The van der Waals surface area contributed by atoms with Crippen LogP contribution >= 0.6 is 0 Å². The molecule has 0 bridgehead atoms. The second-order valence-electron chi connectivity index (χ2n) is 7.98. The van der Waals surface area contributed by atoms with E-state index in [9.17, 15) is 9.59 Å². The van der Waals surface area contributed by atoms with E-state index in [-0.39, 0.29) is 5.91 Å². The Hall–Kier alpha value is -3.35. The van der Waals surface area contributed by atoms with E-state index in [1.807, 2.05) is 6.92 Å². The number of hydrogen-bond acceptors (Lipinski definition) is 6. The van der Waals surface area contributed by atoms with E-state index in [0.29, 0.717) is 41.4 Å². The Labute approximate surface area is 202 Å². The smallest absolute Gasteiger partial charge is 0.343 e. The number of unbranched alkanes of at least 4 members (excludes halogenated alkanes) is 5. The average molecular weight is 469 g/mol. The molecule has 1 N–H and O–H groups in total. The van der Waals surface area contributed by atoms with E-state index in [4.69, 9.17) is 14.2 Å². The normalized spacial score (nSPS) is 10.8. The minimum atomic E-state index is -0.497. The van der Waals surface area contributed by atoms with Crippen LogP contribution < -0.4 is 19.6 Å². The largest absolute Gasteiger partial charge is 0.494 e. The van der Waals surface area contributed by atoms with Gasteiger partial charge in [0.2, 0.25) is 5.91 Å². The Kier molecular flexibility index (Phi) is 12.2. The van der Waals surface area contributed by atoms with Crippen LogP contribution in [0.25, 0.3) is 0 Å². The molecule has 184 valence electrons. The molecule has 0 aromatic heterocycles. The molecule has 0 fully saturated rings. The number of hydrazone groups is 1. The third-order valence-corrected chi connectivity index (χ3v) is 5.11. The standard InChI is InChI=1S/C27H36N2O5/c1-4-6-7-8-9-10-11-26(30)29-28-20-21-12-17-24(25(19-21)32-3)34-27(31)22-13-15-23(16-14-22)33-18-5-2/h12-17,19-20H,4-11,18H2,1-3H3,(H,29,30). The third-order valence-electron chi connectivity index (χ3n) is 5.11. The molecule has 2 rings (SSSR count). The van der Waals surface area contributed by atoms with Crippen molar-refractivity contribution >= 4 is 18.1 Å². The molecule has 0 spiro atoms. The fraction of sp³-hybridized carbons (Fsp3) is 0.444. The first-order valence-electron chi connectivity index (χ1n) is 12.0. The Balaban J connectivity index is 1.86. The maximum atomic E-state index is 12.5. The summed E-state index contributed by atoms with van der Waals surface area (Å²) in [6.45, 7) is 4.84. The summed E-state index contributed by atoms with van der Waals surface area (Å²) >= 11 is 0. The van der Waals surface area contributed by atoms with Gasteiger partial charge >= 0.3 is 5.97 Å². The van der Waals surface area contributed by atoms with Gasteiger partial charge in [-0.3, -0.25) is 4.79 Å². The van der Waals surface area contributed by atoms with Gasteiger partial charge in [0.25, 0.3) is 0 Å². The van der Waals surface area contributed by atoms with E-state index in [1.165, 1.54) is 39.0 Å². The van der Waals surface area contributed by atoms with E-state index >= 15 is 0 Å². The van der Waals surface area contributed by atoms with Crippen molar-refractivity contribution in [3.05, 3.63) is 53.6 Å². The van der Waals surface area contributed by atoms with Gasteiger partial charge in [-0.05, 0) is 60.9 Å². The van der Waals surface area contributed by atoms with Crippen LogP contribution in [0.5, 0.6) is 17.2 Å². The van der Waals surface area contributed by atoms with Crippen LogP contribution in [0.2, 0.25) is 0 Å². The summed E-state index contributed by atoms with van der Waals surface area (Å²) in [6.07, 6.45) is 9.69. The van der Waals surface area contributed by atoms with Crippen molar-refractivity contribution in [2.24, 2.45) is 5.10 Å². The number of nitrogens with zero attached hydrogens (tertiary/aromatic N) is 1. The molecule has 2 aromatic carbocycles. The van der Waals surface area contributed by atoms with Crippen LogP contribution in [-0.4, -0.2) is 31.8 Å². The molecule has 0 saturated heterocycles. The molecule has 2 aromatic rings. The lowest BCUT2D eigenvalue weighted by Gasteiger charge is -2.10. The summed E-state index contributed by atoms with van der Waals surface area (Å²) in [5.41, 5.74) is 3.66. The van der Waals surface area contributed by atoms with Crippen molar-refractivity contribution in [1.29, 1.82) is 0 Å². The zero-order chi connectivity index (χ0) is 24.6. The average Bonchev–Trinajstić information content (AvgIpc) is 2.85. The van der Waals surface area contributed by atoms with Crippen LogP contribution in [0.3, 0.4) is 0 Å². The van der Waals surface area contributed by atoms with Crippen molar-refractivity contribution in [2.45, 2.75) is 65.2 Å². The highest BCUT2D eigenvalue weighted by Gasteiger charge is 2.13. The third kappa shape index (κ3) is 9.65. The van der Waals surface area contributed by atoms with Crippen molar-refractivity contribution in [3.63, 3.8) is 0 Å². The Bertz CT molecular complexity index is 925. The molecule has 34 heavy (non-hydrogen) atoms. The number of carbonyl (C=O) groups is 2. The molecule has 0 aliphatic heterocycles. The number of nitrogens with one attached hydrogen (secondary N) is 1. The van der Waals surface area contributed by atoms with Crippen LogP contribution in [0.15, 0.2) is 47.6 Å². The van der Waals surface area contributed by atoms with Gasteiger partial charge in [0.1, 0.15) is 5.75 Å². The fourth-order valence-corrected chi connectivity index (χ4v) is 3.22. The van der Waals surface area contributed by atoms with E-state index in [1.54, 1.807) is 42.5 Å². The predicted molar refractivity (Wildman–Crippen MR) is 134 cm³/mol. The highest BCUT2D eigenvalue weighted by Crippen LogP contribution is 2.28. The summed E-state index contributed by atoms with van der Waals surface area (Å²) in [5.74, 6) is 0.791. The number of rotatable bonds is 15. The minimum absolute atomic E-state index is 0.102. The van der Waals surface area contributed by atoms with Crippen LogP contribution in [-0.2, 0) is 4.79 Å². The Morgan fingerprint density at radius 1 is 0.912 bits per heavy atom. The van der Waals surface area contributed by atoms with Gasteiger partial charge in [-0.1, -0.05) is 46.0 Å². The predicted octanol–water partition coefficient (Wildman–Crippen LogP) is 5.90. The zero-order valence-corrected chi connectivity index (χ0v) is 20.5. The molecule has 7 heteroatoms. The van der Waals surface area contributed by atoms with Crippen molar-refractivity contribution in [2.75, 3.05) is 13.7 Å². The van der Waals surface area contributed by atoms with Gasteiger partial charge in [-0.15, -0.1) is 0 Å². The number of hydrogen-bond donors (Lipinski definition) is 1. The maximum absolute atomic E-state index is 12.5. The topological polar surface area (TPSA) is 86.2 Å². The zero-order valence-electron chi connectivity index (χ0n) is 20.5. The van der Waals surface area contributed by atoms with Gasteiger partial charge in [0.05, 0.1) is 25.5 Å². The lowest BCUT2D eigenvalue weighted by molar-refractivity contribution is -0.121. The lowest BCUT2D eigenvalue weighted by Crippen LogP contribution is -2.16. The molecule has 0 saturated carbocycles. The van der Waals surface area contributed by atoms with Gasteiger partial charge < -0.3 is 14.2 Å². The van der Waals surface area contributed by atoms with Gasteiger partial charge in [0, 0.05) is 6.42 Å². The first-order valence-corrected chi connectivity index (χ1v) is 12.0. The minimum Gasteiger partial charge on any atom is -0.494 e. The Morgan fingerprint density at radius 2 is 1.65 bits per heavy atom. The Morgan fingerprint density at radius 3 is 2.35 bits per heavy atom. The molecule has 0 heterocycles. The second-order valence-corrected chi connectivity index (χ2v) is 7.98. The second kappa shape index (κ2) is 15.5. The summed E-state index contributed by atoms with van der Waals surface area (Å²) < 4.78 is 16.4. The van der Waals surface area contributed by atoms with Gasteiger partial charge in [-0.25, -0.2) is 10.2 Å². The van der Waals surface area contributed by atoms with Crippen molar-refractivity contribution in [3.8, 4) is 17.2 Å². The number of amides is 1. The molecule has 0 atom stereocenters. The van der Waals surface area contributed by atoms with Crippen molar-refractivity contribution in [1.82, 2.24) is 5.43 Å². The van der Waals surface area contributed by atoms with E-state index in [0.717, 1.165) is 19.3 Å². The van der Waals surface area contributed by atoms with Gasteiger partial charge in [-0.2, -0.15) is 5.10 Å². The summed E-state index contributed by atoms with van der Waals surface area (Å²) in [5, 5.41) is 4.01. The molecule has 0 aliphatic rings. The van der Waals surface area contributed by atoms with E-state index in [2.05, 4.69) is 17.5 Å². The number of benzene rings is 2. The number of ether oxygens (including phenoxy) is 3. The highest BCUT2D eigenvalue weighted by atomic mass is 16.6. The lowest BCUT2D eigenvalue weighted by atomic mass is 10.1. The van der Waals surface area contributed by atoms with Crippen LogP contribution in [0.1, 0.15) is 81.1 Å².